The van der Waals surface area contributed by atoms with Crippen molar-refractivity contribution in [1.82, 2.24) is 15.0 Å². The van der Waals surface area contributed by atoms with E-state index in [1.807, 2.05) is 0 Å². The number of sulfonamides is 1. The second-order valence-corrected chi connectivity index (χ2v) is 9.52. The Labute approximate surface area is 194 Å². The van der Waals surface area contributed by atoms with E-state index in [4.69, 9.17) is 5.14 Å². The summed E-state index contributed by atoms with van der Waals surface area (Å²) in [6.45, 7) is 1.19. The molecule has 34 heavy (non-hydrogen) atoms. The van der Waals surface area contributed by atoms with E-state index in [-0.39, 0.29) is 28.7 Å². The predicted octanol–water partition coefficient (Wildman–Crippen LogP) is 3.41. The minimum atomic E-state index is -4.49. The Hall–Kier alpha value is -3.43. The van der Waals surface area contributed by atoms with Gasteiger partial charge in [0.1, 0.15) is 17.3 Å². The van der Waals surface area contributed by atoms with Crippen LogP contribution in [0.3, 0.4) is 0 Å². The molecule has 8 nitrogen and oxygen atoms in total. The summed E-state index contributed by atoms with van der Waals surface area (Å²) in [5.41, 5.74) is 1.65. The molecular formula is C22H21F3N6O2S. The zero-order valence-electron chi connectivity index (χ0n) is 18.0. The number of benzene rings is 1. The molecule has 1 atom stereocenters. The van der Waals surface area contributed by atoms with Crippen LogP contribution in [0.4, 0.5) is 24.9 Å². The highest BCUT2D eigenvalue weighted by molar-refractivity contribution is 7.89. The molecule has 1 fully saturated rings. The zero-order valence-corrected chi connectivity index (χ0v) is 18.8. The van der Waals surface area contributed by atoms with Crippen molar-refractivity contribution in [3.05, 3.63) is 47.7 Å². The molecule has 2 aromatic heterocycles. The van der Waals surface area contributed by atoms with Crippen molar-refractivity contribution in [2.75, 3.05) is 10.6 Å². The molecule has 1 aliphatic carbocycles. The second-order valence-electron chi connectivity index (χ2n) is 7.95. The van der Waals surface area contributed by atoms with E-state index < -0.39 is 22.2 Å². The quantitative estimate of drug-likeness (QED) is 0.453. The number of aromatic nitrogens is 3. The number of nitrogens with zero attached hydrogens (tertiary/aromatic N) is 3. The highest BCUT2D eigenvalue weighted by Crippen LogP contribution is 2.28. The smallest absolute Gasteiger partial charge is 0.357 e. The van der Waals surface area contributed by atoms with Crippen LogP contribution in [0.25, 0.3) is 11.0 Å². The van der Waals surface area contributed by atoms with Crippen molar-refractivity contribution >= 4 is 32.8 Å². The maximum absolute atomic E-state index is 13.2. The molecule has 0 saturated heterocycles. The zero-order chi connectivity index (χ0) is 24.5. The number of nitrogens with one attached hydrogen (secondary N) is 2. The Bertz CT molecular complexity index is 1380. The van der Waals surface area contributed by atoms with Crippen molar-refractivity contribution in [3.8, 4) is 11.8 Å². The first kappa shape index (κ1) is 23.7. The maximum atomic E-state index is 13.2. The molecule has 1 saturated carbocycles. The van der Waals surface area contributed by atoms with Gasteiger partial charge in [-0.2, -0.15) is 18.2 Å². The predicted molar refractivity (Wildman–Crippen MR) is 121 cm³/mol. The van der Waals surface area contributed by atoms with E-state index in [9.17, 15) is 21.6 Å². The molecule has 0 spiro atoms. The number of fused-ring (bicyclic) bond motifs is 1. The van der Waals surface area contributed by atoms with Gasteiger partial charge in [-0.15, -0.1) is 0 Å². The van der Waals surface area contributed by atoms with Crippen LogP contribution in [-0.4, -0.2) is 35.6 Å². The van der Waals surface area contributed by atoms with Gasteiger partial charge in [-0.25, -0.2) is 23.5 Å². The summed E-state index contributed by atoms with van der Waals surface area (Å²) in [7, 11) is -3.81. The molecule has 1 unspecified atom stereocenters. The Balaban J connectivity index is 1.62. The largest absolute Gasteiger partial charge is 0.408 e. The summed E-state index contributed by atoms with van der Waals surface area (Å²) in [4.78, 5) is 12.9. The number of anilines is 2. The Kier molecular flexibility index (Phi) is 6.33. The highest BCUT2D eigenvalue weighted by Gasteiger charge is 2.36. The van der Waals surface area contributed by atoms with Gasteiger partial charge in [-0.1, -0.05) is 18.1 Å². The van der Waals surface area contributed by atoms with Crippen molar-refractivity contribution in [3.63, 3.8) is 0 Å². The molecule has 3 aromatic rings. The summed E-state index contributed by atoms with van der Waals surface area (Å²) in [5.74, 6) is 6.38. The number of alkyl halides is 3. The number of halogens is 3. The minimum absolute atomic E-state index is 0.0301. The standard InChI is InChI=1S/C22H21F3N6O2S/c1-13(22(23,24)25)28-20-19-18(11-8-16(29-19)7-4-14-2-3-14)30-21(31-20)27-12-15-5-9-17(10-6-15)34(26,32)33/h5-6,8-11,13-14H,2-3,12H2,1H3,(H2,26,32,33)(H2,27,28,30,31). The molecule has 0 amide bonds. The molecule has 1 aromatic carbocycles. The molecule has 12 heteroatoms. The lowest BCUT2D eigenvalue weighted by molar-refractivity contribution is -0.138. The Morgan fingerprint density at radius 2 is 1.82 bits per heavy atom. The maximum Gasteiger partial charge on any atom is 0.408 e. The monoisotopic (exact) mass is 490 g/mol. The van der Waals surface area contributed by atoms with E-state index in [1.54, 1.807) is 24.3 Å². The van der Waals surface area contributed by atoms with E-state index >= 15 is 0 Å². The van der Waals surface area contributed by atoms with Crippen LogP contribution in [0.5, 0.6) is 0 Å². The van der Waals surface area contributed by atoms with Crippen LogP contribution in [-0.2, 0) is 16.6 Å². The van der Waals surface area contributed by atoms with Gasteiger partial charge >= 0.3 is 6.18 Å². The summed E-state index contributed by atoms with van der Waals surface area (Å²) in [6, 6.07) is 7.27. The minimum Gasteiger partial charge on any atom is -0.357 e. The Morgan fingerprint density at radius 1 is 1.12 bits per heavy atom. The van der Waals surface area contributed by atoms with Gasteiger partial charge in [0.2, 0.25) is 16.0 Å². The molecule has 0 aliphatic heterocycles. The lowest BCUT2D eigenvalue weighted by Gasteiger charge is -2.19. The first-order valence-electron chi connectivity index (χ1n) is 10.4. The fourth-order valence-electron chi connectivity index (χ4n) is 2.93. The SMILES string of the molecule is CC(Nc1nc(NCc2ccc(S(N)(=O)=O)cc2)nc2ccc(C#CC3CC3)nc12)C(F)(F)F. The third-order valence-electron chi connectivity index (χ3n) is 5.07. The third-order valence-corrected chi connectivity index (χ3v) is 6.00. The van der Waals surface area contributed by atoms with E-state index in [2.05, 4.69) is 37.4 Å². The number of rotatable bonds is 6. The van der Waals surface area contributed by atoms with Crippen LogP contribution in [0.1, 0.15) is 31.0 Å². The number of pyridine rings is 1. The molecule has 0 radical (unpaired) electrons. The lowest BCUT2D eigenvalue weighted by Crippen LogP contribution is -2.33. The fourth-order valence-corrected chi connectivity index (χ4v) is 3.45. The molecular weight excluding hydrogens is 469 g/mol. The van der Waals surface area contributed by atoms with Gasteiger partial charge in [-0.05, 0) is 55.5 Å². The number of hydrogen-bond acceptors (Lipinski definition) is 7. The molecule has 1 aliphatic rings. The van der Waals surface area contributed by atoms with Crippen molar-refractivity contribution in [1.29, 1.82) is 0 Å². The van der Waals surface area contributed by atoms with Gasteiger partial charge in [0.25, 0.3) is 0 Å². The average Bonchev–Trinajstić information content (AvgIpc) is 3.60. The van der Waals surface area contributed by atoms with E-state index in [0.717, 1.165) is 19.8 Å². The van der Waals surface area contributed by atoms with Gasteiger partial charge in [0.05, 0.1) is 10.4 Å². The van der Waals surface area contributed by atoms with E-state index in [0.29, 0.717) is 22.7 Å². The first-order chi connectivity index (χ1) is 16.0. The van der Waals surface area contributed by atoms with Gasteiger partial charge < -0.3 is 10.6 Å². The summed E-state index contributed by atoms with van der Waals surface area (Å²) in [6.07, 6.45) is -2.40. The summed E-state index contributed by atoms with van der Waals surface area (Å²) >= 11 is 0. The van der Waals surface area contributed by atoms with Crippen LogP contribution in [0.15, 0.2) is 41.3 Å². The van der Waals surface area contributed by atoms with E-state index in [1.165, 1.54) is 12.1 Å². The third kappa shape index (κ3) is 5.92. The number of primary sulfonamides is 1. The van der Waals surface area contributed by atoms with Crippen LogP contribution >= 0.6 is 0 Å². The molecule has 0 bridgehead atoms. The van der Waals surface area contributed by atoms with Crippen LogP contribution < -0.4 is 15.8 Å². The van der Waals surface area contributed by atoms with Gasteiger partial charge in [0.15, 0.2) is 5.82 Å². The Morgan fingerprint density at radius 3 is 2.44 bits per heavy atom. The fraction of sp³-hybridized carbons (Fsp3) is 0.318. The molecule has 178 valence electrons. The summed E-state index contributed by atoms with van der Waals surface area (Å²) in [5, 5.41) is 10.4. The number of hydrogen-bond donors (Lipinski definition) is 3. The van der Waals surface area contributed by atoms with Crippen molar-refractivity contribution in [2.45, 2.75) is 43.4 Å². The highest BCUT2D eigenvalue weighted by atomic mass is 32.2. The van der Waals surface area contributed by atoms with Crippen molar-refractivity contribution < 1.29 is 21.6 Å². The lowest BCUT2D eigenvalue weighted by atomic mass is 10.2. The average molecular weight is 491 g/mol. The molecule has 4 N–H and O–H groups in total. The van der Waals surface area contributed by atoms with Crippen LogP contribution in [0, 0.1) is 17.8 Å². The summed E-state index contributed by atoms with van der Waals surface area (Å²) < 4.78 is 62.4. The molecule has 2 heterocycles. The first-order valence-corrected chi connectivity index (χ1v) is 11.9. The van der Waals surface area contributed by atoms with Gasteiger partial charge in [-0.3, -0.25) is 0 Å². The number of nitrogens with two attached hydrogens (primary N) is 1. The van der Waals surface area contributed by atoms with Crippen molar-refractivity contribution in [2.24, 2.45) is 11.1 Å². The van der Waals surface area contributed by atoms with Gasteiger partial charge in [0, 0.05) is 12.5 Å². The molecule has 4 rings (SSSR count). The normalized spacial score (nSPS) is 14.9. The topological polar surface area (TPSA) is 123 Å². The van der Waals surface area contributed by atoms with Crippen LogP contribution in [0.2, 0.25) is 0 Å². The second kappa shape index (κ2) is 9.08.